The molecule has 1 heterocycles. The van der Waals surface area contributed by atoms with Crippen molar-refractivity contribution >= 4 is 19.9 Å². The summed E-state index contributed by atoms with van der Waals surface area (Å²) in [5.41, 5.74) is 1.25. The van der Waals surface area contributed by atoms with Crippen LogP contribution in [0.3, 0.4) is 0 Å². The molecule has 1 fully saturated rings. The maximum Gasteiger partial charge on any atom is 0.211 e. The smallest absolute Gasteiger partial charge is 0.211 e. The van der Waals surface area contributed by atoms with Crippen molar-refractivity contribution in [3.63, 3.8) is 0 Å². The molecule has 3 rings (SSSR count). The second-order valence-corrected chi connectivity index (χ2v) is 10.7. The minimum Gasteiger partial charge on any atom is -0.224 e. The Balaban J connectivity index is 1.90. The molecule has 0 N–H and O–H groups in total. The summed E-state index contributed by atoms with van der Waals surface area (Å²) >= 11 is 0. The number of benzene rings is 2. The highest BCUT2D eigenvalue weighted by atomic mass is 32.2. The van der Waals surface area contributed by atoms with Crippen molar-refractivity contribution in [2.75, 3.05) is 18.6 Å². The van der Waals surface area contributed by atoms with Gasteiger partial charge in [0.15, 0.2) is 9.84 Å². The number of hydrogen-bond acceptors (Lipinski definition) is 5. The topological polar surface area (TPSA) is 95.3 Å². The molecule has 2 aromatic rings. The first-order chi connectivity index (χ1) is 12.7. The van der Waals surface area contributed by atoms with Crippen molar-refractivity contribution in [3.05, 3.63) is 65.7 Å². The summed E-state index contributed by atoms with van der Waals surface area (Å²) < 4.78 is 51.4. The third kappa shape index (κ3) is 4.38. The predicted molar refractivity (Wildman–Crippen MR) is 102 cm³/mol. The van der Waals surface area contributed by atoms with Gasteiger partial charge in [-0.1, -0.05) is 36.4 Å². The van der Waals surface area contributed by atoms with Crippen LogP contribution in [0.2, 0.25) is 0 Å². The van der Waals surface area contributed by atoms with E-state index < -0.39 is 25.9 Å². The Labute approximate surface area is 160 Å². The molecule has 8 heteroatoms. The fraction of sp³-hybridized carbons (Fsp3) is 0.316. The van der Waals surface area contributed by atoms with Gasteiger partial charge in [0.2, 0.25) is 10.0 Å². The molecule has 0 bridgehead atoms. The summed E-state index contributed by atoms with van der Waals surface area (Å²) in [6.07, 6.45) is 1.55. The molecule has 0 aliphatic carbocycles. The van der Waals surface area contributed by atoms with E-state index in [4.69, 9.17) is 5.26 Å². The van der Waals surface area contributed by atoms with Gasteiger partial charge < -0.3 is 0 Å². The quantitative estimate of drug-likeness (QED) is 0.761. The first-order valence-corrected chi connectivity index (χ1v) is 12.0. The molecule has 0 aromatic heterocycles. The van der Waals surface area contributed by atoms with Crippen LogP contribution in [0.1, 0.15) is 23.5 Å². The first-order valence-electron chi connectivity index (χ1n) is 8.45. The average molecular weight is 405 g/mol. The first kappa shape index (κ1) is 19.5. The second-order valence-electron chi connectivity index (χ2n) is 6.75. The predicted octanol–water partition coefficient (Wildman–Crippen LogP) is 2.15. The fourth-order valence-corrected chi connectivity index (χ4v) is 6.37. The highest BCUT2D eigenvalue weighted by Gasteiger charge is 2.40. The van der Waals surface area contributed by atoms with Crippen molar-refractivity contribution < 1.29 is 16.8 Å². The molecule has 2 atom stereocenters. The van der Waals surface area contributed by atoms with E-state index in [2.05, 4.69) is 0 Å². The molecule has 2 unspecified atom stereocenters. The number of hydrogen-bond donors (Lipinski definition) is 0. The largest absolute Gasteiger partial charge is 0.224 e. The Hall–Kier alpha value is -2.21. The van der Waals surface area contributed by atoms with Crippen LogP contribution in [-0.2, 0) is 19.9 Å². The van der Waals surface area contributed by atoms with E-state index in [-0.39, 0.29) is 28.7 Å². The molecule has 2 aromatic carbocycles. The molecule has 6 nitrogen and oxygen atoms in total. The van der Waals surface area contributed by atoms with Crippen molar-refractivity contribution in [2.45, 2.75) is 23.3 Å². The van der Waals surface area contributed by atoms with Crippen molar-refractivity contribution in [1.82, 2.24) is 4.31 Å². The molecule has 0 radical (unpaired) electrons. The van der Waals surface area contributed by atoms with Gasteiger partial charge in [0.1, 0.15) is 0 Å². The summed E-state index contributed by atoms with van der Waals surface area (Å²) in [6.45, 7) is 0.265. The summed E-state index contributed by atoms with van der Waals surface area (Å²) in [5.74, 6) is -0.357. The van der Waals surface area contributed by atoms with Crippen LogP contribution in [0.4, 0.5) is 0 Å². The Bertz CT molecular complexity index is 1070. The van der Waals surface area contributed by atoms with E-state index in [0.29, 0.717) is 6.42 Å². The normalized spacial score (nSPS) is 21.0. The van der Waals surface area contributed by atoms with Crippen LogP contribution in [0.5, 0.6) is 0 Å². The van der Waals surface area contributed by atoms with Crippen molar-refractivity contribution in [1.29, 1.82) is 5.26 Å². The highest BCUT2D eigenvalue weighted by Crippen LogP contribution is 2.34. The Kier molecular flexibility index (Phi) is 5.38. The van der Waals surface area contributed by atoms with E-state index in [1.807, 2.05) is 36.4 Å². The Morgan fingerprint density at radius 3 is 2.41 bits per heavy atom. The third-order valence-corrected chi connectivity index (χ3v) is 7.89. The van der Waals surface area contributed by atoms with Gasteiger partial charge in [-0.15, -0.1) is 0 Å². The standard InChI is InChI=1S/C19H20N2O4S2/c1-26(22,23)21-13-17(16-7-3-2-4-8-16)11-18(21)14-27(24,25)19-9-5-6-15(10-19)12-20/h2-10,17-18H,11,13-14H2,1H3. The molecule has 1 saturated heterocycles. The summed E-state index contributed by atoms with van der Waals surface area (Å²) in [4.78, 5) is 0.0400. The number of nitriles is 1. The molecule has 0 spiro atoms. The maximum atomic E-state index is 12.8. The minimum atomic E-state index is -3.73. The highest BCUT2D eigenvalue weighted by molar-refractivity contribution is 7.91. The molecular weight excluding hydrogens is 384 g/mol. The minimum absolute atomic E-state index is 0.0400. The monoisotopic (exact) mass is 404 g/mol. The number of nitrogens with zero attached hydrogens (tertiary/aromatic N) is 2. The van der Waals surface area contributed by atoms with Crippen LogP contribution in [0.15, 0.2) is 59.5 Å². The summed E-state index contributed by atoms with van der Waals surface area (Å²) in [6, 6.07) is 16.6. The van der Waals surface area contributed by atoms with Gasteiger partial charge in [-0.05, 0) is 36.1 Å². The molecule has 142 valence electrons. The van der Waals surface area contributed by atoms with E-state index in [1.54, 1.807) is 0 Å². The molecular formula is C19H20N2O4S2. The van der Waals surface area contributed by atoms with Gasteiger partial charge in [-0.25, -0.2) is 16.8 Å². The Morgan fingerprint density at radius 2 is 1.78 bits per heavy atom. The molecule has 0 amide bonds. The van der Waals surface area contributed by atoms with Crippen LogP contribution < -0.4 is 0 Å². The third-order valence-electron chi connectivity index (χ3n) is 4.80. The number of sulfone groups is 1. The van der Waals surface area contributed by atoms with Gasteiger partial charge in [0.05, 0.1) is 28.5 Å². The fourth-order valence-electron chi connectivity index (χ4n) is 3.52. The molecule has 27 heavy (non-hydrogen) atoms. The lowest BCUT2D eigenvalue weighted by Crippen LogP contribution is -2.39. The number of rotatable bonds is 5. The van der Waals surface area contributed by atoms with E-state index in [9.17, 15) is 16.8 Å². The van der Waals surface area contributed by atoms with E-state index >= 15 is 0 Å². The van der Waals surface area contributed by atoms with Gasteiger partial charge in [0.25, 0.3) is 0 Å². The lowest BCUT2D eigenvalue weighted by atomic mass is 9.97. The van der Waals surface area contributed by atoms with Gasteiger partial charge in [0, 0.05) is 12.6 Å². The van der Waals surface area contributed by atoms with Crippen molar-refractivity contribution in [2.24, 2.45) is 0 Å². The summed E-state index contributed by atoms with van der Waals surface area (Å²) in [5, 5.41) is 8.99. The molecule has 1 aliphatic rings. The summed E-state index contributed by atoms with van der Waals surface area (Å²) in [7, 11) is -7.28. The van der Waals surface area contributed by atoms with Crippen LogP contribution in [0, 0.1) is 11.3 Å². The van der Waals surface area contributed by atoms with Gasteiger partial charge >= 0.3 is 0 Å². The van der Waals surface area contributed by atoms with E-state index in [0.717, 1.165) is 11.8 Å². The lowest BCUT2D eigenvalue weighted by molar-refractivity contribution is 0.410. The van der Waals surface area contributed by atoms with Crippen LogP contribution in [-0.4, -0.2) is 45.7 Å². The molecule has 1 aliphatic heterocycles. The van der Waals surface area contributed by atoms with Gasteiger partial charge in [-0.3, -0.25) is 0 Å². The molecule has 0 saturated carbocycles. The van der Waals surface area contributed by atoms with Gasteiger partial charge in [-0.2, -0.15) is 9.57 Å². The van der Waals surface area contributed by atoms with E-state index in [1.165, 1.54) is 28.6 Å². The number of sulfonamides is 1. The zero-order valence-corrected chi connectivity index (χ0v) is 16.4. The average Bonchev–Trinajstić information content (AvgIpc) is 3.06. The zero-order valence-electron chi connectivity index (χ0n) is 14.8. The van der Waals surface area contributed by atoms with Crippen molar-refractivity contribution in [3.8, 4) is 6.07 Å². The lowest BCUT2D eigenvalue weighted by Gasteiger charge is -2.21. The Morgan fingerprint density at radius 1 is 1.07 bits per heavy atom. The maximum absolute atomic E-state index is 12.8. The van der Waals surface area contributed by atoms with Crippen LogP contribution in [0.25, 0.3) is 0 Å². The SMILES string of the molecule is CS(=O)(=O)N1CC(c2ccccc2)CC1CS(=O)(=O)c1cccc(C#N)c1. The second kappa shape index (κ2) is 7.43. The van der Waals surface area contributed by atoms with Crippen LogP contribution >= 0.6 is 0 Å². The zero-order chi connectivity index (χ0) is 19.7.